The van der Waals surface area contributed by atoms with Gasteiger partial charge in [0.05, 0.1) is 4.92 Å². The average Bonchev–Trinajstić information content (AvgIpc) is 2.67. The summed E-state index contributed by atoms with van der Waals surface area (Å²) < 4.78 is 0. The number of benzene rings is 1. The largest absolute Gasteiger partial charge is 0.364 e. The van der Waals surface area contributed by atoms with Crippen LogP contribution in [0, 0.1) is 23.0 Å². The fourth-order valence-electron chi connectivity index (χ4n) is 3.34. The van der Waals surface area contributed by atoms with E-state index in [1.54, 1.807) is 0 Å². The number of anilines is 2. The second-order valence-electron chi connectivity index (χ2n) is 7.13. The fraction of sp³-hybridized carbons (Fsp3) is 0.474. The maximum absolute atomic E-state index is 11.3. The van der Waals surface area contributed by atoms with Crippen LogP contribution < -0.4 is 16.4 Å². The number of nitrogens with one attached hydrogen (secondary N) is 2. The van der Waals surface area contributed by atoms with E-state index in [1.165, 1.54) is 11.8 Å². The van der Waals surface area contributed by atoms with Gasteiger partial charge in [-0.15, -0.1) is 0 Å². The Bertz CT molecular complexity index is 790. The Balaban J connectivity index is 1.67. The van der Waals surface area contributed by atoms with Crippen LogP contribution in [0.5, 0.6) is 0 Å². The first-order valence-electron chi connectivity index (χ1n) is 9.32. The predicted octanol–water partition coefficient (Wildman–Crippen LogP) is 3.23. The number of hydrogen-bond acceptors (Lipinski definition) is 7. The molecule has 8 nitrogen and oxygen atoms in total. The Hall–Kier alpha value is -2.74. The molecule has 2 aromatic rings. The molecule has 144 valence electrons. The molecule has 4 N–H and O–H groups in total. The lowest BCUT2D eigenvalue weighted by molar-refractivity contribution is -0.384. The number of nitrogens with zero attached hydrogens (tertiary/aromatic N) is 3. The van der Waals surface area contributed by atoms with Crippen LogP contribution >= 0.6 is 0 Å². The molecule has 1 aromatic carbocycles. The van der Waals surface area contributed by atoms with Crippen molar-refractivity contribution in [3.05, 3.63) is 51.7 Å². The first-order valence-corrected chi connectivity index (χ1v) is 9.32. The quantitative estimate of drug-likeness (QED) is 0.505. The predicted molar refractivity (Wildman–Crippen MR) is 106 cm³/mol. The summed E-state index contributed by atoms with van der Waals surface area (Å²) in [6.07, 6.45) is 5.33. The van der Waals surface area contributed by atoms with Gasteiger partial charge in [-0.2, -0.15) is 4.98 Å². The SMILES string of the molecule is Cc1ccccc1CNc1ncc([N+](=O)[O-])c(NC[C@H]2CC[C@H](N)CC2)n1. The van der Waals surface area contributed by atoms with Crippen LogP contribution in [-0.4, -0.2) is 27.5 Å². The second-order valence-corrected chi connectivity index (χ2v) is 7.13. The Morgan fingerprint density at radius 3 is 2.67 bits per heavy atom. The number of nitro groups is 1. The summed E-state index contributed by atoms with van der Waals surface area (Å²) in [6, 6.07) is 8.31. The standard InChI is InChI=1S/C19H26N6O2/c1-13-4-2-3-5-15(13)11-22-19-23-12-17(25(26)27)18(24-19)21-10-14-6-8-16(20)9-7-14/h2-5,12,14,16H,6-11,20H2,1H3,(H2,21,22,23,24)/t14-,16-. The summed E-state index contributed by atoms with van der Waals surface area (Å²) in [5, 5.41) is 17.6. The number of aryl methyl sites for hydroxylation is 1. The topological polar surface area (TPSA) is 119 Å². The van der Waals surface area contributed by atoms with E-state index >= 15 is 0 Å². The van der Waals surface area contributed by atoms with E-state index in [-0.39, 0.29) is 17.5 Å². The molecule has 1 aliphatic carbocycles. The molecular weight excluding hydrogens is 344 g/mol. The number of hydrogen-bond donors (Lipinski definition) is 3. The third-order valence-electron chi connectivity index (χ3n) is 5.11. The highest BCUT2D eigenvalue weighted by molar-refractivity contribution is 5.57. The van der Waals surface area contributed by atoms with Gasteiger partial charge in [0.1, 0.15) is 6.20 Å². The highest BCUT2D eigenvalue weighted by Gasteiger charge is 2.21. The molecule has 1 fully saturated rings. The zero-order valence-corrected chi connectivity index (χ0v) is 15.5. The van der Waals surface area contributed by atoms with Crippen molar-refractivity contribution in [3.8, 4) is 0 Å². The van der Waals surface area contributed by atoms with Crippen LogP contribution in [0.3, 0.4) is 0 Å². The van der Waals surface area contributed by atoms with E-state index in [1.807, 2.05) is 31.2 Å². The smallest absolute Gasteiger partial charge is 0.329 e. The molecule has 1 heterocycles. The highest BCUT2D eigenvalue weighted by Crippen LogP contribution is 2.26. The van der Waals surface area contributed by atoms with Gasteiger partial charge in [-0.1, -0.05) is 24.3 Å². The zero-order valence-electron chi connectivity index (χ0n) is 15.5. The molecule has 0 unspecified atom stereocenters. The van der Waals surface area contributed by atoms with Crippen molar-refractivity contribution in [1.29, 1.82) is 0 Å². The van der Waals surface area contributed by atoms with Crippen LogP contribution in [0.2, 0.25) is 0 Å². The molecule has 1 aliphatic rings. The number of aromatic nitrogens is 2. The molecule has 8 heteroatoms. The molecule has 0 atom stereocenters. The van der Waals surface area contributed by atoms with Crippen LogP contribution in [0.25, 0.3) is 0 Å². The van der Waals surface area contributed by atoms with Crippen molar-refractivity contribution >= 4 is 17.5 Å². The first-order chi connectivity index (χ1) is 13.0. The van der Waals surface area contributed by atoms with E-state index < -0.39 is 4.92 Å². The fourth-order valence-corrected chi connectivity index (χ4v) is 3.34. The average molecular weight is 370 g/mol. The van der Waals surface area contributed by atoms with Gasteiger partial charge in [0.15, 0.2) is 0 Å². The van der Waals surface area contributed by atoms with Crippen molar-refractivity contribution in [3.63, 3.8) is 0 Å². The normalized spacial score (nSPS) is 19.5. The van der Waals surface area contributed by atoms with Crippen molar-refractivity contribution in [2.45, 2.75) is 45.2 Å². The third-order valence-corrected chi connectivity index (χ3v) is 5.11. The maximum atomic E-state index is 11.3. The van der Waals surface area contributed by atoms with E-state index in [0.717, 1.165) is 31.2 Å². The van der Waals surface area contributed by atoms with Gasteiger partial charge in [0.2, 0.25) is 11.8 Å². The molecule has 0 radical (unpaired) electrons. The summed E-state index contributed by atoms with van der Waals surface area (Å²) in [5.74, 6) is 1.09. The van der Waals surface area contributed by atoms with Gasteiger partial charge < -0.3 is 16.4 Å². The zero-order chi connectivity index (χ0) is 19.2. The molecule has 0 amide bonds. The molecule has 1 aromatic heterocycles. The van der Waals surface area contributed by atoms with Gasteiger partial charge >= 0.3 is 5.69 Å². The Morgan fingerprint density at radius 1 is 1.22 bits per heavy atom. The first kappa shape index (κ1) is 19.0. The monoisotopic (exact) mass is 370 g/mol. The van der Waals surface area contributed by atoms with Gasteiger partial charge in [-0.25, -0.2) is 4.98 Å². The van der Waals surface area contributed by atoms with Crippen molar-refractivity contribution in [2.75, 3.05) is 17.2 Å². The summed E-state index contributed by atoms with van der Waals surface area (Å²) in [4.78, 5) is 19.3. The molecule has 0 aliphatic heterocycles. The van der Waals surface area contributed by atoms with Gasteiger partial charge in [0, 0.05) is 19.1 Å². The van der Waals surface area contributed by atoms with Crippen molar-refractivity contribution < 1.29 is 4.92 Å². The lowest BCUT2D eigenvalue weighted by Crippen LogP contribution is -2.29. The van der Waals surface area contributed by atoms with E-state index in [0.29, 0.717) is 25.0 Å². The second kappa shape index (κ2) is 8.77. The Labute approximate surface area is 158 Å². The minimum atomic E-state index is -0.454. The minimum Gasteiger partial charge on any atom is -0.364 e. The lowest BCUT2D eigenvalue weighted by atomic mass is 9.86. The van der Waals surface area contributed by atoms with Crippen LogP contribution in [0.4, 0.5) is 17.5 Å². The van der Waals surface area contributed by atoms with Crippen LogP contribution in [0.1, 0.15) is 36.8 Å². The summed E-state index contributed by atoms with van der Waals surface area (Å²) in [6.45, 7) is 3.25. The van der Waals surface area contributed by atoms with Crippen LogP contribution in [0.15, 0.2) is 30.5 Å². The molecular formula is C19H26N6O2. The lowest BCUT2D eigenvalue weighted by Gasteiger charge is -2.26. The minimum absolute atomic E-state index is 0.107. The summed E-state index contributed by atoms with van der Waals surface area (Å²) in [5.41, 5.74) is 8.13. The van der Waals surface area contributed by atoms with E-state index in [2.05, 4.69) is 20.6 Å². The van der Waals surface area contributed by atoms with Crippen LogP contribution in [-0.2, 0) is 6.54 Å². The summed E-state index contributed by atoms with van der Waals surface area (Å²) in [7, 11) is 0. The Morgan fingerprint density at radius 2 is 1.96 bits per heavy atom. The molecule has 1 saturated carbocycles. The summed E-state index contributed by atoms with van der Waals surface area (Å²) >= 11 is 0. The van der Waals surface area contributed by atoms with E-state index in [4.69, 9.17) is 5.73 Å². The van der Waals surface area contributed by atoms with Crippen molar-refractivity contribution in [2.24, 2.45) is 11.7 Å². The van der Waals surface area contributed by atoms with Crippen molar-refractivity contribution in [1.82, 2.24) is 9.97 Å². The molecule has 27 heavy (non-hydrogen) atoms. The molecule has 0 bridgehead atoms. The molecule has 0 spiro atoms. The third kappa shape index (κ3) is 5.13. The maximum Gasteiger partial charge on any atom is 0.329 e. The van der Waals surface area contributed by atoms with E-state index in [9.17, 15) is 10.1 Å². The van der Waals surface area contributed by atoms with Gasteiger partial charge in [-0.05, 0) is 49.7 Å². The molecule has 0 saturated heterocycles. The number of rotatable bonds is 7. The Kier molecular flexibility index (Phi) is 6.18. The van der Waals surface area contributed by atoms with Gasteiger partial charge in [-0.3, -0.25) is 10.1 Å². The highest BCUT2D eigenvalue weighted by atomic mass is 16.6. The number of nitrogens with two attached hydrogens (primary N) is 1. The molecule has 3 rings (SSSR count). The van der Waals surface area contributed by atoms with Gasteiger partial charge in [0.25, 0.3) is 0 Å².